The molecular formula is C8H8BrIO. The zero-order chi connectivity index (χ0) is 8.43. The highest BCUT2D eigenvalue weighted by atomic mass is 127. The van der Waals surface area contributed by atoms with E-state index in [2.05, 4.69) is 38.5 Å². The van der Waals surface area contributed by atoms with Gasteiger partial charge in [-0.25, -0.2) is 0 Å². The van der Waals surface area contributed by atoms with Crippen molar-refractivity contribution in [2.75, 3.05) is 0 Å². The Hall–Kier alpha value is 0.390. The molecule has 0 amide bonds. The van der Waals surface area contributed by atoms with Crippen LogP contribution in [0, 0.1) is 10.5 Å². The molecule has 0 saturated carbocycles. The Morgan fingerprint density at radius 1 is 1.55 bits per heavy atom. The van der Waals surface area contributed by atoms with Gasteiger partial charge in [-0.2, -0.15) is 0 Å². The summed E-state index contributed by atoms with van der Waals surface area (Å²) in [5.41, 5.74) is 2.14. The molecule has 0 radical (unpaired) electrons. The first-order valence-corrected chi connectivity index (χ1v) is 5.08. The summed E-state index contributed by atoms with van der Waals surface area (Å²) in [5, 5.41) is 9.00. The summed E-state index contributed by atoms with van der Waals surface area (Å²) in [5.74, 6) is 0. The summed E-state index contributed by atoms with van der Waals surface area (Å²) in [4.78, 5) is 0. The maximum atomic E-state index is 9.00. The Balaban J connectivity index is 3.29. The molecule has 0 aromatic heterocycles. The van der Waals surface area contributed by atoms with E-state index in [0.29, 0.717) is 0 Å². The molecule has 0 bridgehead atoms. The largest absolute Gasteiger partial charge is 0.392 e. The van der Waals surface area contributed by atoms with Crippen molar-refractivity contribution >= 4 is 38.5 Å². The van der Waals surface area contributed by atoms with E-state index in [9.17, 15) is 0 Å². The van der Waals surface area contributed by atoms with Crippen molar-refractivity contribution in [2.45, 2.75) is 13.5 Å². The fourth-order valence-electron chi connectivity index (χ4n) is 0.889. The van der Waals surface area contributed by atoms with E-state index in [0.717, 1.165) is 19.2 Å². The Morgan fingerprint density at radius 3 is 2.64 bits per heavy atom. The molecule has 0 spiro atoms. The molecule has 0 fully saturated rings. The van der Waals surface area contributed by atoms with E-state index in [-0.39, 0.29) is 6.61 Å². The third kappa shape index (κ3) is 1.95. The molecule has 0 unspecified atom stereocenters. The summed E-state index contributed by atoms with van der Waals surface area (Å²) in [6.07, 6.45) is 0. The molecule has 1 nitrogen and oxygen atoms in total. The second-order valence-electron chi connectivity index (χ2n) is 2.29. The van der Waals surface area contributed by atoms with E-state index in [1.807, 2.05) is 19.1 Å². The Labute approximate surface area is 88.1 Å². The first-order valence-electron chi connectivity index (χ1n) is 3.21. The molecule has 0 aliphatic heterocycles. The third-order valence-corrected chi connectivity index (χ3v) is 3.50. The second kappa shape index (κ2) is 3.87. The minimum Gasteiger partial charge on any atom is -0.392 e. The van der Waals surface area contributed by atoms with Crippen LogP contribution in [0.1, 0.15) is 11.1 Å². The highest BCUT2D eigenvalue weighted by Gasteiger charge is 2.04. The molecule has 1 N–H and O–H groups in total. The monoisotopic (exact) mass is 326 g/mol. The number of hydrogen-bond donors (Lipinski definition) is 1. The van der Waals surface area contributed by atoms with E-state index in [4.69, 9.17) is 5.11 Å². The summed E-state index contributed by atoms with van der Waals surface area (Å²) in [6.45, 7) is 2.11. The van der Waals surface area contributed by atoms with Crippen LogP contribution in [0.4, 0.5) is 0 Å². The molecule has 3 heteroatoms. The van der Waals surface area contributed by atoms with Gasteiger partial charge in [0.15, 0.2) is 0 Å². The van der Waals surface area contributed by atoms with Gasteiger partial charge in [-0.15, -0.1) is 0 Å². The lowest BCUT2D eigenvalue weighted by Gasteiger charge is -2.06. The Bertz CT molecular complexity index is 273. The zero-order valence-corrected chi connectivity index (χ0v) is 9.81. The van der Waals surface area contributed by atoms with Gasteiger partial charge in [0.2, 0.25) is 0 Å². The third-order valence-electron chi connectivity index (χ3n) is 1.63. The van der Waals surface area contributed by atoms with Crippen molar-refractivity contribution in [3.8, 4) is 0 Å². The SMILES string of the molecule is Cc1c(Br)ccc(I)c1CO. The van der Waals surface area contributed by atoms with Crippen LogP contribution in [0.15, 0.2) is 16.6 Å². The topological polar surface area (TPSA) is 20.2 Å². The minimum atomic E-state index is 0.115. The zero-order valence-electron chi connectivity index (χ0n) is 6.06. The molecule has 11 heavy (non-hydrogen) atoms. The first-order chi connectivity index (χ1) is 5.16. The van der Waals surface area contributed by atoms with Crippen LogP contribution in [0.2, 0.25) is 0 Å². The predicted octanol–water partition coefficient (Wildman–Crippen LogP) is 2.85. The number of benzene rings is 1. The average molecular weight is 327 g/mol. The minimum absolute atomic E-state index is 0.115. The molecule has 0 aliphatic rings. The highest BCUT2D eigenvalue weighted by molar-refractivity contribution is 14.1. The van der Waals surface area contributed by atoms with Gasteiger partial charge in [0.05, 0.1) is 6.61 Å². The van der Waals surface area contributed by atoms with Crippen molar-refractivity contribution in [3.05, 3.63) is 31.3 Å². The predicted molar refractivity (Wildman–Crippen MR) is 57.5 cm³/mol. The van der Waals surface area contributed by atoms with E-state index in [1.54, 1.807) is 0 Å². The molecule has 0 heterocycles. The van der Waals surface area contributed by atoms with Gasteiger partial charge in [0.25, 0.3) is 0 Å². The van der Waals surface area contributed by atoms with Crippen molar-refractivity contribution in [2.24, 2.45) is 0 Å². The van der Waals surface area contributed by atoms with Gasteiger partial charge >= 0.3 is 0 Å². The fourth-order valence-corrected chi connectivity index (χ4v) is 2.02. The summed E-state index contributed by atoms with van der Waals surface area (Å²) < 4.78 is 2.17. The van der Waals surface area contributed by atoms with Crippen LogP contribution < -0.4 is 0 Å². The summed E-state index contributed by atoms with van der Waals surface area (Å²) >= 11 is 5.63. The van der Waals surface area contributed by atoms with Gasteiger partial charge in [0.1, 0.15) is 0 Å². The van der Waals surface area contributed by atoms with Gasteiger partial charge < -0.3 is 5.11 Å². The van der Waals surface area contributed by atoms with Crippen LogP contribution in [0.5, 0.6) is 0 Å². The molecule has 0 saturated heterocycles. The first kappa shape index (κ1) is 9.48. The molecule has 0 atom stereocenters. The smallest absolute Gasteiger partial charge is 0.0695 e. The Kier molecular flexibility index (Phi) is 3.33. The quantitative estimate of drug-likeness (QED) is 0.787. The molecule has 0 aliphatic carbocycles. The van der Waals surface area contributed by atoms with Gasteiger partial charge in [-0.05, 0) is 52.8 Å². The maximum absolute atomic E-state index is 9.00. The standard InChI is InChI=1S/C8H8BrIO/c1-5-6(4-11)8(10)3-2-7(5)9/h2-3,11H,4H2,1H3. The maximum Gasteiger partial charge on any atom is 0.0695 e. The lowest BCUT2D eigenvalue weighted by Crippen LogP contribution is -1.93. The van der Waals surface area contributed by atoms with Gasteiger partial charge in [-0.1, -0.05) is 15.9 Å². The number of halogens is 2. The van der Waals surface area contributed by atoms with Crippen LogP contribution in [0.25, 0.3) is 0 Å². The molecule has 1 rings (SSSR count). The van der Waals surface area contributed by atoms with Crippen molar-refractivity contribution in [1.82, 2.24) is 0 Å². The molecule has 60 valence electrons. The van der Waals surface area contributed by atoms with Crippen LogP contribution in [-0.2, 0) is 6.61 Å². The number of rotatable bonds is 1. The van der Waals surface area contributed by atoms with Crippen LogP contribution in [-0.4, -0.2) is 5.11 Å². The summed E-state index contributed by atoms with van der Waals surface area (Å²) in [6, 6.07) is 3.99. The van der Waals surface area contributed by atoms with Gasteiger partial charge in [0, 0.05) is 8.04 Å². The molecular weight excluding hydrogens is 319 g/mol. The van der Waals surface area contributed by atoms with Crippen molar-refractivity contribution in [1.29, 1.82) is 0 Å². The van der Waals surface area contributed by atoms with Crippen molar-refractivity contribution < 1.29 is 5.11 Å². The van der Waals surface area contributed by atoms with Crippen LogP contribution >= 0.6 is 38.5 Å². The lowest BCUT2D eigenvalue weighted by molar-refractivity contribution is 0.280. The van der Waals surface area contributed by atoms with Gasteiger partial charge in [-0.3, -0.25) is 0 Å². The number of aliphatic hydroxyl groups excluding tert-OH is 1. The second-order valence-corrected chi connectivity index (χ2v) is 4.31. The lowest BCUT2D eigenvalue weighted by atomic mass is 10.1. The normalized spacial score (nSPS) is 10.2. The fraction of sp³-hybridized carbons (Fsp3) is 0.250. The number of aliphatic hydroxyl groups is 1. The average Bonchev–Trinajstić information content (AvgIpc) is 1.99. The van der Waals surface area contributed by atoms with E-state index < -0.39 is 0 Å². The highest BCUT2D eigenvalue weighted by Crippen LogP contribution is 2.24. The molecule has 1 aromatic rings. The Morgan fingerprint density at radius 2 is 2.18 bits per heavy atom. The van der Waals surface area contributed by atoms with Crippen LogP contribution in [0.3, 0.4) is 0 Å². The summed E-state index contributed by atoms with van der Waals surface area (Å²) in [7, 11) is 0. The number of hydrogen-bond acceptors (Lipinski definition) is 1. The molecule has 1 aromatic carbocycles. The van der Waals surface area contributed by atoms with E-state index >= 15 is 0 Å². The van der Waals surface area contributed by atoms with Crippen molar-refractivity contribution in [3.63, 3.8) is 0 Å². The van der Waals surface area contributed by atoms with E-state index in [1.165, 1.54) is 0 Å².